The van der Waals surface area contributed by atoms with Crippen LogP contribution in [0.25, 0.3) is 22.4 Å². The molecule has 0 aliphatic carbocycles. The molecule has 8 heteroatoms. The fourth-order valence-electron chi connectivity index (χ4n) is 4.04. The van der Waals surface area contributed by atoms with E-state index in [1.807, 2.05) is 65.1 Å². The van der Waals surface area contributed by atoms with Crippen molar-refractivity contribution in [1.82, 2.24) is 19.2 Å². The van der Waals surface area contributed by atoms with Gasteiger partial charge >= 0.3 is 0 Å². The summed E-state index contributed by atoms with van der Waals surface area (Å²) in [5, 5.41) is 12.7. The third kappa shape index (κ3) is 4.44. The van der Waals surface area contributed by atoms with Crippen LogP contribution in [0.4, 0.5) is 5.69 Å². The Hall–Kier alpha value is -3.91. The molecule has 5 rings (SSSR count). The van der Waals surface area contributed by atoms with Gasteiger partial charge in [-0.25, -0.2) is 4.57 Å². The predicted octanol–water partition coefficient (Wildman–Crippen LogP) is 5.28. The number of amides is 1. The summed E-state index contributed by atoms with van der Waals surface area (Å²) in [6.07, 6.45) is 1.04. The van der Waals surface area contributed by atoms with Crippen molar-refractivity contribution in [2.24, 2.45) is 0 Å². The van der Waals surface area contributed by atoms with E-state index in [1.165, 1.54) is 17.3 Å². The van der Waals surface area contributed by atoms with Crippen LogP contribution in [0.1, 0.15) is 31.7 Å². The van der Waals surface area contributed by atoms with Crippen LogP contribution < -0.4 is 10.9 Å². The average molecular weight is 484 g/mol. The smallest absolute Gasteiger partial charge is 0.267 e. The molecule has 0 aliphatic heterocycles. The van der Waals surface area contributed by atoms with Gasteiger partial charge in [0.2, 0.25) is 11.7 Å². The van der Waals surface area contributed by atoms with Crippen molar-refractivity contribution in [2.45, 2.75) is 31.3 Å². The van der Waals surface area contributed by atoms with Gasteiger partial charge in [0.15, 0.2) is 5.16 Å². The largest absolute Gasteiger partial charge is 0.325 e. The zero-order chi connectivity index (χ0) is 24.4. The van der Waals surface area contributed by atoms with Crippen LogP contribution in [0.5, 0.6) is 0 Å². The third-order valence-corrected chi connectivity index (χ3v) is 7.05. The minimum atomic E-state index is -0.157. The van der Waals surface area contributed by atoms with Gasteiger partial charge in [-0.1, -0.05) is 68.1 Å². The van der Waals surface area contributed by atoms with Gasteiger partial charge < -0.3 is 5.32 Å². The standard InChI is InChI=1S/C27H25N5O2S/c1-3-18(2)19-13-15-21(16-14-19)31-25(34)22-11-7-8-12-23(22)32-26(31)29-30-27(32)35-17-24(33)28-20-9-5-4-6-10-20/h4-16,18H,3,17H2,1-2H3,(H,28,33). The summed E-state index contributed by atoms with van der Waals surface area (Å²) in [6, 6.07) is 24.7. The van der Waals surface area contributed by atoms with Crippen LogP contribution in [0, 0.1) is 0 Å². The van der Waals surface area contributed by atoms with Gasteiger partial charge in [0, 0.05) is 5.69 Å². The zero-order valence-electron chi connectivity index (χ0n) is 19.5. The molecule has 176 valence electrons. The summed E-state index contributed by atoms with van der Waals surface area (Å²) >= 11 is 1.28. The van der Waals surface area contributed by atoms with Crippen molar-refractivity contribution in [3.63, 3.8) is 0 Å². The quantitative estimate of drug-likeness (QED) is 0.319. The highest BCUT2D eigenvalue weighted by molar-refractivity contribution is 7.99. The summed E-state index contributed by atoms with van der Waals surface area (Å²) in [4.78, 5) is 26.0. The number of nitrogens with one attached hydrogen (secondary N) is 1. The fraction of sp³-hybridized carbons (Fsp3) is 0.185. The Morgan fingerprint density at radius 3 is 2.43 bits per heavy atom. The maximum Gasteiger partial charge on any atom is 0.267 e. The van der Waals surface area contributed by atoms with Gasteiger partial charge in [-0.3, -0.25) is 14.0 Å². The Balaban J connectivity index is 1.55. The third-order valence-electron chi connectivity index (χ3n) is 6.12. The predicted molar refractivity (Wildman–Crippen MR) is 141 cm³/mol. The summed E-state index contributed by atoms with van der Waals surface area (Å²) in [5.74, 6) is 0.870. The van der Waals surface area contributed by atoms with E-state index in [0.717, 1.165) is 17.8 Å². The normalized spacial score (nSPS) is 12.2. The molecule has 0 bridgehead atoms. The van der Waals surface area contributed by atoms with E-state index in [2.05, 4.69) is 41.5 Å². The van der Waals surface area contributed by atoms with Crippen LogP contribution in [-0.2, 0) is 4.79 Å². The van der Waals surface area contributed by atoms with Gasteiger partial charge in [-0.2, -0.15) is 0 Å². The number of hydrogen-bond donors (Lipinski definition) is 1. The second-order valence-electron chi connectivity index (χ2n) is 8.38. The first-order chi connectivity index (χ1) is 17.1. The first-order valence-corrected chi connectivity index (χ1v) is 12.5. The van der Waals surface area contributed by atoms with E-state index in [1.54, 1.807) is 10.6 Å². The first kappa shape index (κ1) is 22.9. The molecular formula is C27H25N5O2S. The molecule has 3 aromatic carbocycles. The number of fused-ring (bicyclic) bond motifs is 3. The van der Waals surface area contributed by atoms with E-state index in [0.29, 0.717) is 27.8 Å². The SMILES string of the molecule is CCC(C)c1ccc(-n2c(=O)c3ccccc3n3c(SCC(=O)Nc4ccccc4)nnc23)cc1. The molecule has 5 aromatic rings. The lowest BCUT2D eigenvalue weighted by molar-refractivity contribution is -0.113. The number of carbonyl (C=O) groups is 1. The molecule has 0 aliphatic rings. The van der Waals surface area contributed by atoms with Gasteiger partial charge in [0.25, 0.3) is 5.56 Å². The molecule has 2 heterocycles. The lowest BCUT2D eigenvalue weighted by Gasteiger charge is -2.13. The number of thioether (sulfide) groups is 1. The lowest BCUT2D eigenvalue weighted by atomic mass is 9.98. The molecule has 35 heavy (non-hydrogen) atoms. The maximum absolute atomic E-state index is 13.5. The zero-order valence-corrected chi connectivity index (χ0v) is 20.3. The number of nitrogens with zero attached hydrogens (tertiary/aromatic N) is 4. The summed E-state index contributed by atoms with van der Waals surface area (Å²) in [7, 11) is 0. The van der Waals surface area contributed by atoms with Gasteiger partial charge in [-0.05, 0) is 54.3 Å². The monoisotopic (exact) mass is 483 g/mol. The van der Waals surface area contributed by atoms with Crippen molar-refractivity contribution in [3.05, 3.63) is 94.8 Å². The molecule has 2 aromatic heterocycles. The molecule has 7 nitrogen and oxygen atoms in total. The van der Waals surface area contributed by atoms with Crippen LogP contribution in [0.3, 0.4) is 0 Å². The van der Waals surface area contributed by atoms with Gasteiger partial charge in [0.05, 0.1) is 22.3 Å². The van der Waals surface area contributed by atoms with E-state index >= 15 is 0 Å². The van der Waals surface area contributed by atoms with Gasteiger partial charge in [0.1, 0.15) is 0 Å². The molecule has 0 fully saturated rings. The molecule has 1 N–H and O–H groups in total. The van der Waals surface area contributed by atoms with Crippen molar-refractivity contribution < 1.29 is 4.79 Å². The van der Waals surface area contributed by atoms with Crippen LogP contribution in [-0.4, -0.2) is 30.8 Å². The Bertz CT molecular complexity index is 1560. The summed E-state index contributed by atoms with van der Waals surface area (Å²) in [5.41, 5.74) is 3.24. The highest BCUT2D eigenvalue weighted by Gasteiger charge is 2.19. The molecule has 0 saturated carbocycles. The molecule has 1 amide bonds. The first-order valence-electron chi connectivity index (χ1n) is 11.5. The van der Waals surface area contributed by atoms with E-state index < -0.39 is 0 Å². The van der Waals surface area contributed by atoms with Crippen molar-refractivity contribution >= 4 is 40.0 Å². The van der Waals surface area contributed by atoms with E-state index in [9.17, 15) is 9.59 Å². The number of para-hydroxylation sites is 2. The number of benzene rings is 3. The summed E-state index contributed by atoms with van der Waals surface area (Å²) in [6.45, 7) is 4.34. The minimum absolute atomic E-state index is 0.142. The molecule has 1 atom stereocenters. The maximum atomic E-state index is 13.5. The van der Waals surface area contributed by atoms with Gasteiger partial charge in [-0.15, -0.1) is 10.2 Å². The number of aromatic nitrogens is 4. The summed E-state index contributed by atoms with van der Waals surface area (Å²) < 4.78 is 3.43. The number of carbonyl (C=O) groups excluding carboxylic acids is 1. The second kappa shape index (κ2) is 9.76. The number of rotatable bonds is 7. The minimum Gasteiger partial charge on any atom is -0.325 e. The molecule has 0 spiro atoms. The van der Waals surface area contributed by atoms with Crippen LogP contribution in [0.15, 0.2) is 88.8 Å². The van der Waals surface area contributed by atoms with Crippen LogP contribution >= 0.6 is 11.8 Å². The Kier molecular flexibility index (Phi) is 6.37. The molecule has 1 unspecified atom stereocenters. The van der Waals surface area contributed by atoms with E-state index in [4.69, 9.17) is 0 Å². The Morgan fingerprint density at radius 2 is 1.69 bits per heavy atom. The number of hydrogen-bond acceptors (Lipinski definition) is 5. The number of anilines is 1. The highest BCUT2D eigenvalue weighted by Crippen LogP contribution is 2.25. The van der Waals surface area contributed by atoms with E-state index in [-0.39, 0.29) is 17.2 Å². The van der Waals surface area contributed by atoms with Crippen molar-refractivity contribution in [1.29, 1.82) is 0 Å². The fourth-order valence-corrected chi connectivity index (χ4v) is 4.78. The highest BCUT2D eigenvalue weighted by atomic mass is 32.2. The van der Waals surface area contributed by atoms with Crippen molar-refractivity contribution in [2.75, 3.05) is 11.1 Å². The molecular weight excluding hydrogens is 458 g/mol. The second-order valence-corrected chi connectivity index (χ2v) is 9.32. The van der Waals surface area contributed by atoms with Crippen molar-refractivity contribution in [3.8, 4) is 5.69 Å². The van der Waals surface area contributed by atoms with Crippen LogP contribution in [0.2, 0.25) is 0 Å². The Labute approximate surface area is 206 Å². The lowest BCUT2D eigenvalue weighted by Crippen LogP contribution is -2.22. The Morgan fingerprint density at radius 1 is 0.971 bits per heavy atom. The molecule has 0 radical (unpaired) electrons. The topological polar surface area (TPSA) is 81.3 Å². The molecule has 0 saturated heterocycles. The average Bonchev–Trinajstić information content (AvgIpc) is 3.32.